The molecule has 1 aromatic carbocycles. The van der Waals surface area contributed by atoms with Crippen LogP contribution in [0.1, 0.15) is 22.4 Å². The Morgan fingerprint density at radius 1 is 1.11 bits per heavy atom. The van der Waals surface area contributed by atoms with Gasteiger partial charge in [-0.1, -0.05) is 24.3 Å². The number of hydrogen-bond donors (Lipinski definition) is 1. The molecule has 2 aromatic rings. The van der Waals surface area contributed by atoms with Crippen molar-refractivity contribution in [3.05, 3.63) is 65.0 Å². The largest absolute Gasteiger partial charge is 0.392 e. The molecule has 1 aromatic heterocycles. The predicted octanol–water partition coefficient (Wildman–Crippen LogP) is 2.09. The van der Waals surface area contributed by atoms with Gasteiger partial charge in [0.1, 0.15) is 0 Å². The van der Waals surface area contributed by atoms with E-state index in [4.69, 9.17) is 5.11 Å². The monoisotopic (exact) mass is 240 g/mol. The van der Waals surface area contributed by atoms with Gasteiger partial charge in [-0.3, -0.25) is 9.88 Å². The highest BCUT2D eigenvalue weighted by atomic mass is 16.3. The molecule has 18 heavy (non-hydrogen) atoms. The molecule has 0 saturated carbocycles. The van der Waals surface area contributed by atoms with Crippen LogP contribution in [0.2, 0.25) is 0 Å². The SMILES string of the molecule is OCc1ccc2c(c1)CN(Cc1ccccn1)C2. The number of aliphatic hydroxyl groups excluding tert-OH is 1. The van der Waals surface area contributed by atoms with Crippen molar-refractivity contribution in [3.8, 4) is 0 Å². The summed E-state index contributed by atoms with van der Waals surface area (Å²) in [6.07, 6.45) is 1.84. The number of benzene rings is 1. The van der Waals surface area contributed by atoms with Crippen molar-refractivity contribution in [2.45, 2.75) is 26.2 Å². The van der Waals surface area contributed by atoms with Gasteiger partial charge in [0.25, 0.3) is 0 Å². The first-order chi connectivity index (χ1) is 8.85. The summed E-state index contributed by atoms with van der Waals surface area (Å²) in [5.41, 5.74) is 4.79. The molecule has 3 nitrogen and oxygen atoms in total. The summed E-state index contributed by atoms with van der Waals surface area (Å²) in [6.45, 7) is 2.91. The van der Waals surface area contributed by atoms with E-state index in [0.717, 1.165) is 30.9 Å². The van der Waals surface area contributed by atoms with Gasteiger partial charge in [-0.05, 0) is 28.8 Å². The van der Waals surface area contributed by atoms with Gasteiger partial charge in [-0.15, -0.1) is 0 Å². The van der Waals surface area contributed by atoms with Crippen LogP contribution < -0.4 is 0 Å². The second-order valence-electron chi connectivity index (χ2n) is 4.73. The molecule has 0 unspecified atom stereocenters. The zero-order chi connectivity index (χ0) is 12.4. The van der Waals surface area contributed by atoms with Gasteiger partial charge in [-0.2, -0.15) is 0 Å². The van der Waals surface area contributed by atoms with E-state index < -0.39 is 0 Å². The van der Waals surface area contributed by atoms with Crippen LogP contribution >= 0.6 is 0 Å². The number of aliphatic hydroxyl groups is 1. The van der Waals surface area contributed by atoms with Gasteiger partial charge in [-0.25, -0.2) is 0 Å². The van der Waals surface area contributed by atoms with Crippen LogP contribution in [0.5, 0.6) is 0 Å². The minimum absolute atomic E-state index is 0.119. The van der Waals surface area contributed by atoms with Gasteiger partial charge < -0.3 is 5.11 Å². The summed E-state index contributed by atoms with van der Waals surface area (Å²) in [6, 6.07) is 12.3. The van der Waals surface area contributed by atoms with Gasteiger partial charge in [0.15, 0.2) is 0 Å². The molecule has 1 N–H and O–H groups in total. The Bertz CT molecular complexity index is 539. The van der Waals surface area contributed by atoms with Gasteiger partial charge >= 0.3 is 0 Å². The summed E-state index contributed by atoms with van der Waals surface area (Å²) in [5, 5.41) is 9.15. The van der Waals surface area contributed by atoms with E-state index in [2.05, 4.69) is 28.1 Å². The van der Waals surface area contributed by atoms with Crippen molar-refractivity contribution < 1.29 is 5.11 Å². The molecule has 2 heterocycles. The molecule has 0 spiro atoms. The third kappa shape index (κ3) is 2.28. The number of nitrogens with zero attached hydrogens (tertiary/aromatic N) is 2. The Kier molecular flexibility index (Phi) is 3.09. The standard InChI is InChI=1S/C15H16N2O/c18-11-12-4-5-13-8-17(9-14(13)7-12)10-15-3-1-2-6-16-15/h1-7,18H,8-11H2. The molecule has 0 amide bonds. The zero-order valence-corrected chi connectivity index (χ0v) is 10.2. The molecule has 1 aliphatic heterocycles. The third-order valence-electron chi connectivity index (χ3n) is 3.35. The van der Waals surface area contributed by atoms with Gasteiger partial charge in [0.2, 0.25) is 0 Å². The summed E-state index contributed by atoms with van der Waals surface area (Å²) < 4.78 is 0. The zero-order valence-electron chi connectivity index (χ0n) is 10.2. The molecular weight excluding hydrogens is 224 g/mol. The molecule has 0 atom stereocenters. The van der Waals surface area contributed by atoms with Crippen LogP contribution in [0.4, 0.5) is 0 Å². The molecule has 0 bridgehead atoms. The summed E-state index contributed by atoms with van der Waals surface area (Å²) >= 11 is 0. The smallest absolute Gasteiger partial charge is 0.0681 e. The first-order valence-corrected chi connectivity index (χ1v) is 6.19. The van der Waals surface area contributed by atoms with E-state index in [0.29, 0.717) is 0 Å². The minimum Gasteiger partial charge on any atom is -0.392 e. The van der Waals surface area contributed by atoms with E-state index in [1.807, 2.05) is 24.4 Å². The Morgan fingerprint density at radius 2 is 2.00 bits per heavy atom. The van der Waals surface area contributed by atoms with Crippen LogP contribution in [0.15, 0.2) is 42.6 Å². The van der Waals surface area contributed by atoms with E-state index in [1.165, 1.54) is 11.1 Å². The van der Waals surface area contributed by atoms with Crippen molar-refractivity contribution in [3.63, 3.8) is 0 Å². The number of aromatic nitrogens is 1. The maximum atomic E-state index is 9.15. The Labute approximate surface area is 107 Å². The van der Waals surface area contributed by atoms with Gasteiger partial charge in [0.05, 0.1) is 12.3 Å². The summed E-state index contributed by atoms with van der Waals surface area (Å²) in [4.78, 5) is 6.73. The quantitative estimate of drug-likeness (QED) is 0.892. The maximum absolute atomic E-state index is 9.15. The Balaban J connectivity index is 1.73. The van der Waals surface area contributed by atoms with Crippen LogP contribution in [0, 0.1) is 0 Å². The minimum atomic E-state index is 0.119. The fourth-order valence-electron chi connectivity index (χ4n) is 2.45. The lowest BCUT2D eigenvalue weighted by molar-refractivity contribution is 0.271. The van der Waals surface area contributed by atoms with E-state index in [-0.39, 0.29) is 6.61 Å². The molecule has 92 valence electrons. The van der Waals surface area contributed by atoms with Crippen molar-refractivity contribution in [1.29, 1.82) is 0 Å². The second kappa shape index (κ2) is 4.88. The van der Waals surface area contributed by atoms with Crippen LogP contribution in [0.25, 0.3) is 0 Å². The fraction of sp³-hybridized carbons (Fsp3) is 0.267. The van der Waals surface area contributed by atoms with Crippen molar-refractivity contribution in [1.82, 2.24) is 9.88 Å². The molecule has 0 radical (unpaired) electrons. The van der Waals surface area contributed by atoms with Crippen molar-refractivity contribution in [2.24, 2.45) is 0 Å². The van der Waals surface area contributed by atoms with Crippen LogP contribution in [-0.2, 0) is 26.2 Å². The topological polar surface area (TPSA) is 36.4 Å². The molecule has 1 aliphatic rings. The molecule has 0 saturated heterocycles. The average molecular weight is 240 g/mol. The highest BCUT2D eigenvalue weighted by molar-refractivity contribution is 5.34. The van der Waals surface area contributed by atoms with Crippen molar-refractivity contribution >= 4 is 0 Å². The first-order valence-electron chi connectivity index (χ1n) is 6.19. The highest BCUT2D eigenvalue weighted by Crippen LogP contribution is 2.24. The number of rotatable bonds is 3. The second-order valence-corrected chi connectivity index (χ2v) is 4.73. The first kappa shape index (κ1) is 11.4. The van der Waals surface area contributed by atoms with Crippen molar-refractivity contribution in [2.75, 3.05) is 0 Å². The molecule has 0 aliphatic carbocycles. The predicted molar refractivity (Wildman–Crippen MR) is 69.6 cm³/mol. The lowest BCUT2D eigenvalue weighted by Gasteiger charge is -2.13. The molecular formula is C15H16N2O. The molecule has 3 rings (SSSR count). The third-order valence-corrected chi connectivity index (χ3v) is 3.35. The molecule has 0 fully saturated rings. The Morgan fingerprint density at radius 3 is 2.78 bits per heavy atom. The average Bonchev–Trinajstić information content (AvgIpc) is 2.80. The van der Waals surface area contributed by atoms with E-state index in [9.17, 15) is 0 Å². The summed E-state index contributed by atoms with van der Waals surface area (Å²) in [7, 11) is 0. The van der Waals surface area contributed by atoms with E-state index >= 15 is 0 Å². The lowest BCUT2D eigenvalue weighted by Crippen LogP contribution is -2.16. The number of hydrogen-bond acceptors (Lipinski definition) is 3. The number of pyridine rings is 1. The van der Waals surface area contributed by atoms with E-state index in [1.54, 1.807) is 0 Å². The number of fused-ring (bicyclic) bond motifs is 1. The fourth-order valence-corrected chi connectivity index (χ4v) is 2.45. The van der Waals surface area contributed by atoms with Gasteiger partial charge in [0, 0.05) is 25.8 Å². The van der Waals surface area contributed by atoms with Crippen LogP contribution in [-0.4, -0.2) is 15.0 Å². The normalized spacial score (nSPS) is 14.7. The summed E-state index contributed by atoms with van der Waals surface area (Å²) in [5.74, 6) is 0. The maximum Gasteiger partial charge on any atom is 0.0681 e. The lowest BCUT2D eigenvalue weighted by atomic mass is 10.1. The van der Waals surface area contributed by atoms with Crippen LogP contribution in [0.3, 0.4) is 0 Å². The molecule has 3 heteroatoms. The highest BCUT2D eigenvalue weighted by Gasteiger charge is 2.19. The Hall–Kier alpha value is -1.71.